The van der Waals surface area contributed by atoms with Gasteiger partial charge in [0.2, 0.25) is 5.75 Å². The summed E-state index contributed by atoms with van der Waals surface area (Å²) in [6.07, 6.45) is 1.47. The van der Waals surface area contributed by atoms with E-state index >= 15 is 0 Å². The highest BCUT2D eigenvalue weighted by molar-refractivity contribution is 7.87. The van der Waals surface area contributed by atoms with Gasteiger partial charge >= 0.3 is 15.8 Å². The molecule has 0 aromatic heterocycles. The van der Waals surface area contributed by atoms with Crippen molar-refractivity contribution in [3.05, 3.63) is 93.5 Å². The van der Waals surface area contributed by atoms with Crippen LogP contribution in [0.5, 0.6) is 5.75 Å². The van der Waals surface area contributed by atoms with Crippen molar-refractivity contribution < 1.29 is 17.5 Å². The molecule has 0 saturated carbocycles. The van der Waals surface area contributed by atoms with Crippen molar-refractivity contribution in [1.29, 1.82) is 0 Å². The first-order chi connectivity index (χ1) is 13.7. The van der Waals surface area contributed by atoms with Crippen LogP contribution in [0.15, 0.2) is 76.6 Å². The van der Waals surface area contributed by atoms with Gasteiger partial charge in [-0.1, -0.05) is 35.4 Å². The van der Waals surface area contributed by atoms with E-state index in [4.69, 9.17) is 4.18 Å². The highest BCUT2D eigenvalue weighted by Gasteiger charge is 2.23. The van der Waals surface area contributed by atoms with E-state index in [-0.39, 0.29) is 10.6 Å². The van der Waals surface area contributed by atoms with Crippen LogP contribution in [-0.2, 0) is 10.1 Å². The molecular formula is C21H18N2O5S. The summed E-state index contributed by atoms with van der Waals surface area (Å²) >= 11 is 0. The van der Waals surface area contributed by atoms with Crippen molar-refractivity contribution in [1.82, 2.24) is 0 Å². The van der Waals surface area contributed by atoms with Crippen molar-refractivity contribution in [2.24, 2.45) is 4.99 Å². The lowest BCUT2D eigenvalue weighted by Gasteiger charge is -2.08. The van der Waals surface area contributed by atoms with Gasteiger partial charge in [-0.15, -0.1) is 0 Å². The standard InChI is InChI=1S/C21H18N2O5S/c1-15-3-8-18(9-4-15)22-14-17-7-12-21(20(13-17)23(24)25)28-29(26,27)19-10-5-16(2)6-11-19/h3-14H,1-2H3. The van der Waals surface area contributed by atoms with Gasteiger partial charge in [-0.2, -0.15) is 8.42 Å². The number of rotatable bonds is 6. The Morgan fingerprint density at radius 2 is 1.52 bits per heavy atom. The lowest BCUT2D eigenvalue weighted by Crippen LogP contribution is -2.11. The molecule has 0 saturated heterocycles. The number of aryl methyl sites for hydroxylation is 2. The topological polar surface area (TPSA) is 98.9 Å². The fourth-order valence-electron chi connectivity index (χ4n) is 2.48. The number of aliphatic imine (C=N–C) groups is 1. The van der Waals surface area contributed by atoms with Crippen LogP contribution in [0.1, 0.15) is 16.7 Å². The van der Waals surface area contributed by atoms with E-state index in [9.17, 15) is 18.5 Å². The summed E-state index contributed by atoms with van der Waals surface area (Å²) in [6.45, 7) is 3.78. The Labute approximate surface area is 168 Å². The normalized spacial score (nSPS) is 11.5. The monoisotopic (exact) mass is 410 g/mol. The van der Waals surface area contributed by atoms with Crippen LogP contribution in [0.2, 0.25) is 0 Å². The van der Waals surface area contributed by atoms with E-state index in [0.29, 0.717) is 11.3 Å². The first-order valence-electron chi connectivity index (χ1n) is 8.65. The Hall–Kier alpha value is -3.52. The fraction of sp³-hybridized carbons (Fsp3) is 0.0952. The van der Waals surface area contributed by atoms with Crippen molar-refractivity contribution in [2.45, 2.75) is 18.7 Å². The summed E-state index contributed by atoms with van der Waals surface area (Å²) in [5, 5.41) is 11.4. The summed E-state index contributed by atoms with van der Waals surface area (Å²) in [6, 6.07) is 17.5. The van der Waals surface area contributed by atoms with Crippen molar-refractivity contribution in [2.75, 3.05) is 0 Å². The van der Waals surface area contributed by atoms with Gasteiger partial charge < -0.3 is 4.18 Å². The Bertz CT molecular complexity index is 1170. The molecule has 0 N–H and O–H groups in total. The molecule has 8 heteroatoms. The molecule has 0 aliphatic heterocycles. The fourth-order valence-corrected chi connectivity index (χ4v) is 3.42. The summed E-state index contributed by atoms with van der Waals surface area (Å²) in [5.74, 6) is -0.358. The molecule has 0 unspecified atom stereocenters. The van der Waals surface area contributed by atoms with Crippen LogP contribution >= 0.6 is 0 Å². The SMILES string of the molecule is Cc1ccc(N=Cc2ccc(OS(=O)(=O)c3ccc(C)cc3)c([N+](=O)[O-])c2)cc1. The molecule has 0 amide bonds. The van der Waals surface area contributed by atoms with Crippen LogP contribution in [0.25, 0.3) is 0 Å². The maximum absolute atomic E-state index is 12.4. The van der Waals surface area contributed by atoms with Gasteiger partial charge in [0.1, 0.15) is 4.90 Å². The molecule has 0 atom stereocenters. The minimum Gasteiger partial charge on any atom is -0.372 e. The maximum atomic E-state index is 12.4. The number of hydrogen-bond acceptors (Lipinski definition) is 6. The Morgan fingerprint density at radius 3 is 2.10 bits per heavy atom. The van der Waals surface area contributed by atoms with Crippen molar-refractivity contribution in [3.63, 3.8) is 0 Å². The Morgan fingerprint density at radius 1 is 0.931 bits per heavy atom. The maximum Gasteiger partial charge on any atom is 0.339 e. The minimum absolute atomic E-state index is 0.0811. The molecule has 3 rings (SSSR count). The highest BCUT2D eigenvalue weighted by atomic mass is 32.2. The van der Waals surface area contributed by atoms with E-state index in [2.05, 4.69) is 4.99 Å². The second-order valence-electron chi connectivity index (χ2n) is 6.43. The summed E-state index contributed by atoms with van der Waals surface area (Å²) in [5.41, 5.74) is 2.65. The lowest BCUT2D eigenvalue weighted by molar-refractivity contribution is -0.385. The van der Waals surface area contributed by atoms with Gasteiger partial charge in [-0.25, -0.2) is 0 Å². The average molecular weight is 410 g/mol. The van der Waals surface area contributed by atoms with E-state index in [1.165, 1.54) is 36.5 Å². The summed E-state index contributed by atoms with van der Waals surface area (Å²) in [4.78, 5) is 14.9. The van der Waals surface area contributed by atoms with Gasteiger partial charge in [0.05, 0.1) is 10.6 Å². The van der Waals surface area contributed by atoms with Crippen LogP contribution in [0.3, 0.4) is 0 Å². The van der Waals surface area contributed by atoms with E-state index in [0.717, 1.165) is 11.1 Å². The largest absolute Gasteiger partial charge is 0.372 e. The molecule has 7 nitrogen and oxygen atoms in total. The molecule has 0 radical (unpaired) electrons. The first-order valence-corrected chi connectivity index (χ1v) is 10.1. The predicted molar refractivity (Wildman–Crippen MR) is 111 cm³/mol. The summed E-state index contributed by atoms with van der Waals surface area (Å²) < 4.78 is 29.9. The summed E-state index contributed by atoms with van der Waals surface area (Å²) in [7, 11) is -4.20. The molecule has 0 aliphatic carbocycles. The van der Waals surface area contributed by atoms with Gasteiger partial charge in [0, 0.05) is 12.3 Å². The first kappa shape index (κ1) is 20.2. The third-order valence-corrected chi connectivity index (χ3v) is 5.33. The second kappa shape index (κ2) is 8.24. The molecule has 29 heavy (non-hydrogen) atoms. The molecule has 0 heterocycles. The van der Waals surface area contributed by atoms with Crippen molar-refractivity contribution in [3.8, 4) is 5.75 Å². The van der Waals surface area contributed by atoms with Crippen LogP contribution in [0, 0.1) is 24.0 Å². The van der Waals surface area contributed by atoms with Crippen LogP contribution in [-0.4, -0.2) is 19.6 Å². The zero-order valence-electron chi connectivity index (χ0n) is 15.8. The quantitative estimate of drug-likeness (QED) is 0.253. The molecule has 0 fully saturated rings. The lowest BCUT2D eigenvalue weighted by atomic mass is 10.2. The highest BCUT2D eigenvalue weighted by Crippen LogP contribution is 2.30. The Balaban J connectivity index is 1.89. The molecule has 3 aromatic rings. The smallest absolute Gasteiger partial charge is 0.339 e. The number of nitrogens with zero attached hydrogens (tertiary/aromatic N) is 2. The third kappa shape index (κ3) is 5.05. The van der Waals surface area contributed by atoms with E-state index in [1.807, 2.05) is 38.1 Å². The average Bonchev–Trinajstić information content (AvgIpc) is 2.68. The third-order valence-electron chi connectivity index (χ3n) is 4.09. The van der Waals surface area contributed by atoms with Gasteiger partial charge in [0.15, 0.2) is 0 Å². The second-order valence-corrected chi connectivity index (χ2v) is 7.97. The Kier molecular flexibility index (Phi) is 5.74. The molecule has 0 bridgehead atoms. The van der Waals surface area contributed by atoms with Gasteiger partial charge in [0.25, 0.3) is 0 Å². The van der Waals surface area contributed by atoms with Gasteiger partial charge in [-0.05, 0) is 55.8 Å². The van der Waals surface area contributed by atoms with Gasteiger partial charge in [-0.3, -0.25) is 15.1 Å². The number of nitro groups is 1. The van der Waals surface area contributed by atoms with Crippen molar-refractivity contribution >= 4 is 27.7 Å². The molecule has 0 aliphatic rings. The zero-order chi connectivity index (χ0) is 21.0. The van der Waals surface area contributed by atoms with Crippen LogP contribution in [0.4, 0.5) is 11.4 Å². The van der Waals surface area contributed by atoms with Crippen LogP contribution < -0.4 is 4.18 Å². The molecule has 3 aromatic carbocycles. The van der Waals surface area contributed by atoms with E-state index in [1.54, 1.807) is 12.1 Å². The molecule has 0 spiro atoms. The number of benzene rings is 3. The predicted octanol–water partition coefficient (Wildman–Crippen LogP) is 4.73. The minimum atomic E-state index is -4.20. The number of hydrogen-bond donors (Lipinski definition) is 0. The van der Waals surface area contributed by atoms with E-state index < -0.39 is 20.7 Å². The number of nitro benzene ring substituents is 1. The zero-order valence-corrected chi connectivity index (χ0v) is 16.6. The molecule has 148 valence electrons. The molecular weight excluding hydrogens is 392 g/mol.